The van der Waals surface area contributed by atoms with E-state index in [0.717, 1.165) is 13.0 Å². The van der Waals surface area contributed by atoms with Gasteiger partial charge >= 0.3 is 0 Å². The van der Waals surface area contributed by atoms with Crippen molar-refractivity contribution in [2.75, 3.05) is 6.54 Å². The minimum Gasteiger partial charge on any atom is -0.310 e. The number of nitrogens with zero attached hydrogens (tertiary/aromatic N) is 2. The van der Waals surface area contributed by atoms with Crippen LogP contribution < -0.4 is 5.32 Å². The topological polar surface area (TPSA) is 37.8 Å². The van der Waals surface area contributed by atoms with Crippen LogP contribution in [-0.4, -0.2) is 16.5 Å². The van der Waals surface area contributed by atoms with Crippen LogP contribution in [0.25, 0.3) is 0 Å². The number of aromatic nitrogens is 2. The van der Waals surface area contributed by atoms with E-state index in [4.69, 9.17) is 0 Å². The number of hydrogen-bond acceptors (Lipinski definition) is 3. The highest BCUT2D eigenvalue weighted by atomic mass is 14.9. The molecule has 0 aliphatic carbocycles. The van der Waals surface area contributed by atoms with E-state index in [2.05, 4.69) is 36.1 Å². The van der Waals surface area contributed by atoms with Gasteiger partial charge in [0.15, 0.2) is 0 Å². The molecule has 0 bridgehead atoms. The van der Waals surface area contributed by atoms with Crippen LogP contribution in [0.2, 0.25) is 0 Å². The van der Waals surface area contributed by atoms with Crippen LogP contribution in [-0.2, 0) is 0 Å². The van der Waals surface area contributed by atoms with E-state index in [-0.39, 0.29) is 0 Å². The van der Waals surface area contributed by atoms with E-state index in [1.165, 1.54) is 5.56 Å². The molecule has 0 aromatic carbocycles. The molecule has 0 aliphatic heterocycles. The molecule has 0 fully saturated rings. The summed E-state index contributed by atoms with van der Waals surface area (Å²) >= 11 is 0. The van der Waals surface area contributed by atoms with Gasteiger partial charge in [-0.2, -0.15) is 0 Å². The lowest BCUT2D eigenvalue weighted by atomic mass is 9.98. The Hall–Kier alpha value is -0.960. The van der Waals surface area contributed by atoms with Gasteiger partial charge in [0.05, 0.1) is 0 Å². The molecule has 0 aliphatic rings. The van der Waals surface area contributed by atoms with Crippen molar-refractivity contribution in [3.8, 4) is 0 Å². The van der Waals surface area contributed by atoms with Gasteiger partial charge < -0.3 is 5.32 Å². The van der Waals surface area contributed by atoms with Crippen LogP contribution in [0.15, 0.2) is 18.7 Å². The Balaban J connectivity index is 2.68. The van der Waals surface area contributed by atoms with E-state index in [1.807, 2.05) is 12.4 Å². The molecule has 1 heterocycles. The first-order chi connectivity index (χ1) is 6.75. The Morgan fingerprint density at radius 2 is 1.93 bits per heavy atom. The smallest absolute Gasteiger partial charge is 0.115 e. The zero-order valence-corrected chi connectivity index (χ0v) is 9.20. The Kier molecular flexibility index (Phi) is 4.53. The van der Waals surface area contributed by atoms with Crippen molar-refractivity contribution in [2.45, 2.75) is 33.2 Å². The summed E-state index contributed by atoms with van der Waals surface area (Å²) in [6.45, 7) is 7.63. The Morgan fingerprint density at radius 3 is 2.43 bits per heavy atom. The van der Waals surface area contributed by atoms with E-state index in [9.17, 15) is 0 Å². The Labute approximate surface area is 86.0 Å². The summed E-state index contributed by atoms with van der Waals surface area (Å²) < 4.78 is 0. The van der Waals surface area contributed by atoms with Crippen molar-refractivity contribution in [3.05, 3.63) is 24.3 Å². The van der Waals surface area contributed by atoms with E-state index in [0.29, 0.717) is 12.0 Å². The lowest BCUT2D eigenvalue weighted by Crippen LogP contribution is -2.26. The zero-order chi connectivity index (χ0) is 10.4. The van der Waals surface area contributed by atoms with Gasteiger partial charge in [0.25, 0.3) is 0 Å². The van der Waals surface area contributed by atoms with Crippen molar-refractivity contribution < 1.29 is 0 Å². The second kappa shape index (κ2) is 5.70. The Morgan fingerprint density at radius 1 is 1.29 bits per heavy atom. The highest BCUT2D eigenvalue weighted by Gasteiger charge is 2.14. The van der Waals surface area contributed by atoms with Gasteiger partial charge in [0.1, 0.15) is 6.33 Å². The van der Waals surface area contributed by atoms with Crippen molar-refractivity contribution in [3.63, 3.8) is 0 Å². The standard InChI is InChI=1S/C11H19N3/c1-4-5-14-11(9(2)3)10-6-12-8-13-7-10/h6-9,11,14H,4-5H2,1-3H3. The second-order valence-electron chi connectivity index (χ2n) is 3.85. The van der Waals surface area contributed by atoms with Crippen molar-refractivity contribution in [1.29, 1.82) is 0 Å². The summed E-state index contributed by atoms with van der Waals surface area (Å²) in [5.74, 6) is 0.563. The molecule has 1 N–H and O–H groups in total. The lowest BCUT2D eigenvalue weighted by Gasteiger charge is -2.21. The molecule has 0 saturated carbocycles. The molecule has 1 aromatic heterocycles. The van der Waals surface area contributed by atoms with Gasteiger partial charge in [-0.05, 0) is 18.9 Å². The summed E-state index contributed by atoms with van der Waals surface area (Å²) in [6.07, 6.45) is 6.50. The minimum atomic E-state index is 0.371. The summed E-state index contributed by atoms with van der Waals surface area (Å²) in [4.78, 5) is 8.09. The highest BCUT2D eigenvalue weighted by molar-refractivity contribution is 5.09. The van der Waals surface area contributed by atoms with Gasteiger partial charge in [0.2, 0.25) is 0 Å². The van der Waals surface area contributed by atoms with Crippen LogP contribution in [0.3, 0.4) is 0 Å². The third-order valence-electron chi connectivity index (χ3n) is 2.22. The maximum Gasteiger partial charge on any atom is 0.115 e. The molecule has 78 valence electrons. The molecule has 3 nitrogen and oxygen atoms in total. The second-order valence-corrected chi connectivity index (χ2v) is 3.85. The summed E-state index contributed by atoms with van der Waals surface area (Å²) in [6, 6.07) is 0.371. The third-order valence-corrected chi connectivity index (χ3v) is 2.22. The van der Waals surface area contributed by atoms with Gasteiger partial charge in [-0.25, -0.2) is 9.97 Å². The van der Waals surface area contributed by atoms with Crippen LogP contribution in [0.1, 0.15) is 38.8 Å². The van der Waals surface area contributed by atoms with Gasteiger partial charge in [-0.3, -0.25) is 0 Å². The molecule has 1 atom stereocenters. The van der Waals surface area contributed by atoms with E-state index in [1.54, 1.807) is 6.33 Å². The lowest BCUT2D eigenvalue weighted by molar-refractivity contribution is 0.411. The molecule has 1 aromatic rings. The predicted octanol–water partition coefficient (Wildman–Crippen LogP) is 2.17. The fourth-order valence-corrected chi connectivity index (χ4v) is 1.51. The van der Waals surface area contributed by atoms with Crippen LogP contribution >= 0.6 is 0 Å². The summed E-state index contributed by atoms with van der Waals surface area (Å²) in [5, 5.41) is 3.51. The Bertz CT molecular complexity index is 246. The molecule has 1 rings (SSSR count). The average Bonchev–Trinajstić information content (AvgIpc) is 2.19. The first kappa shape index (κ1) is 11.1. The van der Waals surface area contributed by atoms with E-state index < -0.39 is 0 Å². The van der Waals surface area contributed by atoms with Crippen molar-refractivity contribution in [2.24, 2.45) is 5.92 Å². The van der Waals surface area contributed by atoms with Crippen molar-refractivity contribution >= 4 is 0 Å². The predicted molar refractivity (Wildman–Crippen MR) is 57.9 cm³/mol. The fraction of sp³-hybridized carbons (Fsp3) is 0.636. The first-order valence-corrected chi connectivity index (χ1v) is 5.24. The SMILES string of the molecule is CCCNC(c1cncnc1)C(C)C. The molecule has 14 heavy (non-hydrogen) atoms. The van der Waals surface area contributed by atoms with E-state index >= 15 is 0 Å². The monoisotopic (exact) mass is 193 g/mol. The normalized spacial score (nSPS) is 13.1. The molecule has 0 radical (unpaired) electrons. The van der Waals surface area contributed by atoms with Crippen LogP contribution in [0, 0.1) is 5.92 Å². The minimum absolute atomic E-state index is 0.371. The number of hydrogen-bond donors (Lipinski definition) is 1. The van der Waals surface area contributed by atoms with Crippen molar-refractivity contribution in [1.82, 2.24) is 15.3 Å². The number of rotatable bonds is 5. The molecule has 3 heteroatoms. The molecule has 0 saturated heterocycles. The summed E-state index contributed by atoms with van der Waals surface area (Å²) in [5.41, 5.74) is 1.18. The highest BCUT2D eigenvalue weighted by Crippen LogP contribution is 2.19. The van der Waals surface area contributed by atoms with Gasteiger partial charge in [0, 0.05) is 24.0 Å². The van der Waals surface area contributed by atoms with Gasteiger partial charge in [-0.15, -0.1) is 0 Å². The molecular formula is C11H19N3. The first-order valence-electron chi connectivity index (χ1n) is 5.24. The maximum absolute atomic E-state index is 4.04. The largest absolute Gasteiger partial charge is 0.310 e. The molecule has 0 amide bonds. The zero-order valence-electron chi connectivity index (χ0n) is 9.20. The molecule has 1 unspecified atom stereocenters. The quantitative estimate of drug-likeness (QED) is 0.778. The molecular weight excluding hydrogens is 174 g/mol. The van der Waals surface area contributed by atoms with Crippen LogP contribution in [0.4, 0.5) is 0 Å². The number of nitrogens with one attached hydrogen (secondary N) is 1. The molecule has 0 spiro atoms. The average molecular weight is 193 g/mol. The third kappa shape index (κ3) is 3.07. The summed E-state index contributed by atoms with van der Waals surface area (Å²) in [7, 11) is 0. The van der Waals surface area contributed by atoms with Gasteiger partial charge in [-0.1, -0.05) is 20.8 Å². The van der Waals surface area contributed by atoms with Crippen LogP contribution in [0.5, 0.6) is 0 Å². The maximum atomic E-state index is 4.04. The fourth-order valence-electron chi connectivity index (χ4n) is 1.51.